The first-order chi connectivity index (χ1) is 9.30. The maximum Gasteiger partial charge on any atom is 0.377 e. The van der Waals surface area contributed by atoms with Crippen molar-refractivity contribution in [2.75, 3.05) is 13.2 Å². The van der Waals surface area contributed by atoms with Gasteiger partial charge in [0.15, 0.2) is 11.5 Å². The Morgan fingerprint density at radius 3 is 2.25 bits per heavy atom. The standard InChI is InChI=1S/C14H15FO5/c1-14(2,15)9-7-11-10(19-4-3-5-20-11)6-8(9)12(16)13(17)18/h6-7H,3-5H2,1-2H3,(H,17,18). The molecule has 2 rings (SSSR count). The van der Waals surface area contributed by atoms with Crippen LogP contribution in [0.2, 0.25) is 0 Å². The van der Waals surface area contributed by atoms with Crippen molar-refractivity contribution in [2.24, 2.45) is 0 Å². The van der Waals surface area contributed by atoms with Crippen molar-refractivity contribution in [3.63, 3.8) is 0 Å². The quantitative estimate of drug-likeness (QED) is 0.680. The number of carbonyl (C=O) groups excluding carboxylic acids is 1. The molecule has 5 nitrogen and oxygen atoms in total. The predicted molar refractivity (Wildman–Crippen MR) is 68.1 cm³/mol. The van der Waals surface area contributed by atoms with Gasteiger partial charge in [-0.05, 0) is 26.0 Å². The van der Waals surface area contributed by atoms with Crippen molar-refractivity contribution in [3.8, 4) is 11.5 Å². The summed E-state index contributed by atoms with van der Waals surface area (Å²) >= 11 is 0. The molecule has 0 saturated carbocycles. The van der Waals surface area contributed by atoms with Crippen molar-refractivity contribution in [1.82, 2.24) is 0 Å². The third kappa shape index (κ3) is 2.74. The van der Waals surface area contributed by atoms with E-state index in [1.807, 2.05) is 0 Å². The average molecular weight is 282 g/mol. The van der Waals surface area contributed by atoms with Crippen LogP contribution in [0.1, 0.15) is 36.2 Å². The van der Waals surface area contributed by atoms with Gasteiger partial charge in [-0.25, -0.2) is 9.18 Å². The summed E-state index contributed by atoms with van der Waals surface area (Å²) in [6, 6.07) is 2.59. The zero-order valence-corrected chi connectivity index (χ0v) is 11.2. The number of alkyl halides is 1. The zero-order valence-electron chi connectivity index (χ0n) is 11.2. The molecule has 0 amide bonds. The minimum atomic E-state index is -1.87. The van der Waals surface area contributed by atoms with E-state index in [-0.39, 0.29) is 16.9 Å². The van der Waals surface area contributed by atoms with E-state index >= 15 is 0 Å². The number of carboxylic acids is 1. The lowest BCUT2D eigenvalue weighted by Gasteiger charge is -2.20. The summed E-state index contributed by atoms with van der Waals surface area (Å²) in [6.07, 6.45) is 0.658. The van der Waals surface area contributed by atoms with Gasteiger partial charge in [0, 0.05) is 17.5 Å². The van der Waals surface area contributed by atoms with E-state index in [1.165, 1.54) is 26.0 Å². The summed E-state index contributed by atoms with van der Waals surface area (Å²) in [7, 11) is 0. The summed E-state index contributed by atoms with van der Waals surface area (Å²) in [4.78, 5) is 22.6. The summed E-state index contributed by atoms with van der Waals surface area (Å²) in [5, 5.41) is 8.84. The molecule has 1 aliphatic heterocycles. The molecular formula is C14H15FO5. The number of rotatable bonds is 3. The van der Waals surface area contributed by atoms with Gasteiger partial charge in [0.2, 0.25) is 0 Å². The number of carboxylic acid groups (broad SMARTS) is 1. The molecule has 0 aromatic heterocycles. The highest BCUT2D eigenvalue weighted by Gasteiger charge is 2.31. The Hall–Kier alpha value is -2.11. The van der Waals surface area contributed by atoms with Gasteiger partial charge in [0.25, 0.3) is 5.78 Å². The molecule has 20 heavy (non-hydrogen) atoms. The molecule has 1 N–H and O–H groups in total. The molecule has 0 fully saturated rings. The number of hydrogen-bond donors (Lipinski definition) is 1. The van der Waals surface area contributed by atoms with Crippen LogP contribution in [-0.4, -0.2) is 30.1 Å². The maximum absolute atomic E-state index is 14.2. The lowest BCUT2D eigenvalue weighted by atomic mass is 9.91. The topological polar surface area (TPSA) is 72.8 Å². The number of fused-ring (bicyclic) bond motifs is 1. The number of Topliss-reactive ketones (excluding diaryl/α,β-unsaturated/α-hetero) is 1. The van der Waals surface area contributed by atoms with Crippen LogP contribution >= 0.6 is 0 Å². The zero-order chi connectivity index (χ0) is 14.9. The number of aliphatic carboxylic acids is 1. The first-order valence-electron chi connectivity index (χ1n) is 6.21. The van der Waals surface area contributed by atoms with E-state index in [2.05, 4.69) is 0 Å². The maximum atomic E-state index is 14.2. The number of ether oxygens (including phenoxy) is 2. The smallest absolute Gasteiger partial charge is 0.377 e. The summed E-state index contributed by atoms with van der Waals surface area (Å²) < 4.78 is 25.1. The van der Waals surface area contributed by atoms with Crippen molar-refractivity contribution >= 4 is 11.8 Å². The third-order valence-electron chi connectivity index (χ3n) is 2.97. The Bertz CT molecular complexity index is 559. The summed E-state index contributed by atoms with van der Waals surface area (Å²) in [5.74, 6) is -2.21. The van der Waals surface area contributed by atoms with Crippen LogP contribution in [0, 0.1) is 0 Å². The second-order valence-corrected chi connectivity index (χ2v) is 5.00. The van der Waals surface area contributed by atoms with Crippen LogP contribution in [0.25, 0.3) is 0 Å². The van der Waals surface area contributed by atoms with Crippen LogP contribution in [-0.2, 0) is 10.5 Å². The fraction of sp³-hybridized carbons (Fsp3) is 0.429. The number of carbonyl (C=O) groups is 2. The Labute approximate surface area is 115 Å². The van der Waals surface area contributed by atoms with Gasteiger partial charge in [-0.1, -0.05) is 0 Å². The monoisotopic (exact) mass is 282 g/mol. The van der Waals surface area contributed by atoms with Crippen LogP contribution in [0.4, 0.5) is 4.39 Å². The normalized spacial score (nSPS) is 14.6. The molecular weight excluding hydrogens is 267 g/mol. The Morgan fingerprint density at radius 1 is 1.20 bits per heavy atom. The Balaban J connectivity index is 2.61. The molecule has 1 aromatic carbocycles. The van der Waals surface area contributed by atoms with Crippen molar-refractivity contribution in [1.29, 1.82) is 0 Å². The molecule has 0 saturated heterocycles. The number of ketones is 1. The molecule has 108 valence electrons. The first-order valence-corrected chi connectivity index (χ1v) is 6.21. The molecule has 1 heterocycles. The van der Waals surface area contributed by atoms with Gasteiger partial charge in [0.05, 0.1) is 13.2 Å². The lowest BCUT2D eigenvalue weighted by Crippen LogP contribution is -2.21. The van der Waals surface area contributed by atoms with E-state index in [0.29, 0.717) is 25.4 Å². The third-order valence-corrected chi connectivity index (χ3v) is 2.97. The lowest BCUT2D eigenvalue weighted by molar-refractivity contribution is -0.131. The molecule has 1 aliphatic rings. The highest BCUT2D eigenvalue weighted by atomic mass is 19.1. The molecule has 0 radical (unpaired) electrons. The SMILES string of the molecule is CC(C)(F)c1cc2c(cc1C(=O)C(=O)O)OCCCO2. The van der Waals surface area contributed by atoms with Gasteiger partial charge in [-0.3, -0.25) is 4.79 Å². The minimum Gasteiger partial charge on any atom is -0.490 e. The van der Waals surface area contributed by atoms with E-state index in [1.54, 1.807) is 0 Å². The van der Waals surface area contributed by atoms with Gasteiger partial charge in [-0.15, -0.1) is 0 Å². The first kappa shape index (κ1) is 14.3. The molecule has 0 atom stereocenters. The second-order valence-electron chi connectivity index (χ2n) is 5.00. The van der Waals surface area contributed by atoms with E-state index in [4.69, 9.17) is 14.6 Å². The Kier molecular flexibility index (Phi) is 3.65. The average Bonchev–Trinajstić information content (AvgIpc) is 2.59. The highest BCUT2D eigenvalue weighted by molar-refractivity contribution is 6.40. The second kappa shape index (κ2) is 5.11. The largest absolute Gasteiger partial charge is 0.490 e. The number of hydrogen-bond acceptors (Lipinski definition) is 4. The van der Waals surface area contributed by atoms with Gasteiger partial charge >= 0.3 is 5.97 Å². The fourth-order valence-corrected chi connectivity index (χ4v) is 2.00. The van der Waals surface area contributed by atoms with Crippen molar-refractivity contribution in [2.45, 2.75) is 25.9 Å². The molecule has 0 spiro atoms. The van der Waals surface area contributed by atoms with E-state index in [9.17, 15) is 14.0 Å². The number of benzene rings is 1. The van der Waals surface area contributed by atoms with Crippen LogP contribution in [0.5, 0.6) is 11.5 Å². The molecule has 0 unspecified atom stereocenters. The molecule has 6 heteroatoms. The minimum absolute atomic E-state index is 0.0193. The molecule has 0 aliphatic carbocycles. The van der Waals surface area contributed by atoms with Gasteiger partial charge in [0.1, 0.15) is 5.67 Å². The van der Waals surface area contributed by atoms with Crippen LogP contribution in [0.3, 0.4) is 0 Å². The fourth-order valence-electron chi connectivity index (χ4n) is 2.00. The van der Waals surface area contributed by atoms with Crippen molar-refractivity contribution in [3.05, 3.63) is 23.3 Å². The van der Waals surface area contributed by atoms with Gasteiger partial charge < -0.3 is 14.6 Å². The van der Waals surface area contributed by atoms with Gasteiger partial charge in [-0.2, -0.15) is 0 Å². The van der Waals surface area contributed by atoms with Crippen LogP contribution in [0.15, 0.2) is 12.1 Å². The summed E-state index contributed by atoms with van der Waals surface area (Å²) in [6.45, 7) is 3.33. The van der Waals surface area contributed by atoms with E-state index < -0.39 is 17.4 Å². The Morgan fingerprint density at radius 2 is 1.75 bits per heavy atom. The van der Waals surface area contributed by atoms with Crippen LogP contribution < -0.4 is 9.47 Å². The van der Waals surface area contributed by atoms with Crippen molar-refractivity contribution < 1.29 is 28.6 Å². The highest BCUT2D eigenvalue weighted by Crippen LogP contribution is 2.38. The molecule has 0 bridgehead atoms. The number of halogens is 1. The van der Waals surface area contributed by atoms with E-state index in [0.717, 1.165) is 0 Å². The predicted octanol–water partition coefficient (Wildman–Crippen LogP) is 2.32. The molecule has 1 aromatic rings. The summed E-state index contributed by atoms with van der Waals surface area (Å²) in [5.41, 5.74) is -2.10.